The standard InChI is InChI=1S/C24H31N7O4/c1-4-35-21(32)10-9-19-17(2)28-23-26-16-27-31(23)22(19)29-11-13-30(14-12-29)24(33)25-15-18-7-5-6-8-20(18)34-3/h5-8,16H,4,9-15H2,1-3H3,(H,25,33). The molecule has 11 nitrogen and oxygen atoms in total. The molecule has 2 aromatic heterocycles. The molecule has 0 atom stereocenters. The number of rotatable bonds is 8. The lowest BCUT2D eigenvalue weighted by molar-refractivity contribution is -0.143. The van der Waals surface area contributed by atoms with Crippen molar-refractivity contribution in [3.05, 3.63) is 47.4 Å². The second-order valence-electron chi connectivity index (χ2n) is 8.22. The number of hydrogen-bond donors (Lipinski definition) is 1. The van der Waals surface area contributed by atoms with Crippen molar-refractivity contribution in [1.82, 2.24) is 29.8 Å². The zero-order valence-electron chi connectivity index (χ0n) is 20.4. The highest BCUT2D eigenvalue weighted by molar-refractivity contribution is 5.75. The van der Waals surface area contributed by atoms with Gasteiger partial charge in [0.05, 0.1) is 13.7 Å². The van der Waals surface area contributed by atoms with Crippen molar-refractivity contribution in [2.75, 3.05) is 44.8 Å². The molecule has 0 spiro atoms. The molecule has 0 aliphatic carbocycles. The average Bonchev–Trinajstić information content (AvgIpc) is 3.34. The van der Waals surface area contributed by atoms with Gasteiger partial charge in [-0.25, -0.2) is 9.78 Å². The summed E-state index contributed by atoms with van der Waals surface area (Å²) in [5.41, 5.74) is 2.67. The highest BCUT2D eigenvalue weighted by Crippen LogP contribution is 2.26. The number of hydrogen-bond acceptors (Lipinski definition) is 8. The molecule has 1 aliphatic heterocycles. The molecule has 186 valence electrons. The second-order valence-corrected chi connectivity index (χ2v) is 8.22. The predicted molar refractivity (Wildman–Crippen MR) is 129 cm³/mol. The first-order valence-electron chi connectivity index (χ1n) is 11.8. The molecule has 1 N–H and O–H groups in total. The third-order valence-corrected chi connectivity index (χ3v) is 6.08. The van der Waals surface area contributed by atoms with Gasteiger partial charge < -0.3 is 24.6 Å². The molecule has 1 saturated heterocycles. The van der Waals surface area contributed by atoms with E-state index < -0.39 is 0 Å². The maximum atomic E-state index is 12.8. The van der Waals surface area contributed by atoms with Gasteiger partial charge in [-0.2, -0.15) is 14.6 Å². The number of nitrogens with one attached hydrogen (secondary N) is 1. The van der Waals surface area contributed by atoms with Crippen molar-refractivity contribution in [2.24, 2.45) is 0 Å². The number of esters is 1. The third-order valence-electron chi connectivity index (χ3n) is 6.08. The Hall–Kier alpha value is -3.89. The van der Waals surface area contributed by atoms with Crippen molar-refractivity contribution in [3.8, 4) is 5.75 Å². The summed E-state index contributed by atoms with van der Waals surface area (Å²) < 4.78 is 12.2. The zero-order valence-corrected chi connectivity index (χ0v) is 20.4. The quantitative estimate of drug-likeness (QED) is 0.486. The monoisotopic (exact) mass is 481 g/mol. The Morgan fingerprint density at radius 2 is 1.91 bits per heavy atom. The Bertz CT molecular complexity index is 1190. The molecule has 1 aromatic carbocycles. The fourth-order valence-corrected chi connectivity index (χ4v) is 4.30. The molecule has 3 aromatic rings. The van der Waals surface area contributed by atoms with Gasteiger partial charge in [-0.05, 0) is 26.3 Å². The first-order chi connectivity index (χ1) is 17.0. The normalized spacial score (nSPS) is 13.7. The molecular formula is C24H31N7O4. The number of anilines is 1. The molecule has 1 aliphatic rings. The van der Waals surface area contributed by atoms with Crippen LogP contribution in [0.5, 0.6) is 5.75 Å². The smallest absolute Gasteiger partial charge is 0.317 e. The van der Waals surface area contributed by atoms with Crippen LogP contribution in [-0.4, -0.2) is 76.4 Å². The van der Waals surface area contributed by atoms with E-state index in [2.05, 4.69) is 25.3 Å². The summed E-state index contributed by atoms with van der Waals surface area (Å²) in [7, 11) is 1.62. The number of fused-ring (bicyclic) bond motifs is 1. The maximum absolute atomic E-state index is 12.8. The van der Waals surface area contributed by atoms with E-state index in [0.717, 1.165) is 28.4 Å². The Morgan fingerprint density at radius 1 is 1.14 bits per heavy atom. The summed E-state index contributed by atoms with van der Waals surface area (Å²) in [6, 6.07) is 7.52. The molecular weight excluding hydrogens is 450 g/mol. The Balaban J connectivity index is 1.44. The molecule has 0 unspecified atom stereocenters. The lowest BCUT2D eigenvalue weighted by Gasteiger charge is -2.37. The molecule has 4 rings (SSSR count). The number of carbonyl (C=O) groups excluding carboxylic acids is 2. The number of methoxy groups -OCH3 is 1. The van der Waals surface area contributed by atoms with Crippen LogP contribution in [0.2, 0.25) is 0 Å². The minimum absolute atomic E-state index is 0.116. The summed E-state index contributed by atoms with van der Waals surface area (Å²) in [5, 5.41) is 7.36. The van der Waals surface area contributed by atoms with E-state index in [0.29, 0.717) is 51.5 Å². The molecule has 2 amide bonds. The minimum Gasteiger partial charge on any atom is -0.496 e. The van der Waals surface area contributed by atoms with Crippen molar-refractivity contribution in [2.45, 2.75) is 33.2 Å². The van der Waals surface area contributed by atoms with Gasteiger partial charge in [-0.1, -0.05) is 18.2 Å². The summed E-state index contributed by atoms with van der Waals surface area (Å²) >= 11 is 0. The Kier molecular flexibility index (Phi) is 7.64. The van der Waals surface area contributed by atoms with Crippen LogP contribution < -0.4 is 15.0 Å². The van der Waals surface area contributed by atoms with Crippen LogP contribution in [0, 0.1) is 6.92 Å². The van der Waals surface area contributed by atoms with E-state index in [9.17, 15) is 9.59 Å². The summed E-state index contributed by atoms with van der Waals surface area (Å²) in [4.78, 5) is 37.6. The number of nitrogens with zero attached hydrogens (tertiary/aromatic N) is 6. The number of para-hydroxylation sites is 1. The van der Waals surface area contributed by atoms with Gasteiger partial charge in [0.25, 0.3) is 5.78 Å². The lowest BCUT2D eigenvalue weighted by atomic mass is 10.1. The summed E-state index contributed by atoms with van der Waals surface area (Å²) in [6.07, 6.45) is 2.22. The molecule has 1 fully saturated rings. The zero-order chi connectivity index (χ0) is 24.8. The lowest BCUT2D eigenvalue weighted by Crippen LogP contribution is -2.52. The SMILES string of the molecule is CCOC(=O)CCc1c(C)nc2ncnn2c1N1CCN(C(=O)NCc2ccccc2OC)CC1. The fourth-order valence-electron chi connectivity index (χ4n) is 4.30. The highest BCUT2D eigenvalue weighted by Gasteiger charge is 2.26. The van der Waals surface area contributed by atoms with Crippen molar-refractivity contribution >= 4 is 23.6 Å². The first-order valence-corrected chi connectivity index (χ1v) is 11.8. The molecule has 0 saturated carbocycles. The summed E-state index contributed by atoms with van der Waals surface area (Å²) in [6.45, 7) is 6.79. The van der Waals surface area contributed by atoms with E-state index in [-0.39, 0.29) is 18.4 Å². The first kappa shape index (κ1) is 24.2. The number of benzene rings is 1. The van der Waals surface area contributed by atoms with Crippen LogP contribution in [0.1, 0.15) is 30.2 Å². The van der Waals surface area contributed by atoms with E-state index in [1.165, 1.54) is 6.33 Å². The van der Waals surface area contributed by atoms with E-state index in [1.807, 2.05) is 31.2 Å². The van der Waals surface area contributed by atoms with Crippen molar-refractivity contribution < 1.29 is 19.1 Å². The van der Waals surface area contributed by atoms with Gasteiger partial charge in [0.15, 0.2) is 0 Å². The number of amides is 2. The number of aromatic nitrogens is 4. The number of ether oxygens (including phenoxy) is 2. The molecule has 0 radical (unpaired) electrons. The van der Waals surface area contributed by atoms with Crippen molar-refractivity contribution in [3.63, 3.8) is 0 Å². The minimum atomic E-state index is -0.243. The second kappa shape index (κ2) is 11.0. The molecule has 0 bridgehead atoms. The molecule has 35 heavy (non-hydrogen) atoms. The van der Waals surface area contributed by atoms with Gasteiger partial charge >= 0.3 is 12.0 Å². The van der Waals surface area contributed by atoms with Crippen LogP contribution in [0.15, 0.2) is 30.6 Å². The highest BCUT2D eigenvalue weighted by atomic mass is 16.5. The number of carbonyl (C=O) groups is 2. The van der Waals surface area contributed by atoms with Crippen LogP contribution in [0.3, 0.4) is 0 Å². The van der Waals surface area contributed by atoms with Gasteiger partial charge in [0.1, 0.15) is 17.9 Å². The van der Waals surface area contributed by atoms with Gasteiger partial charge in [0.2, 0.25) is 0 Å². The third kappa shape index (κ3) is 5.44. The van der Waals surface area contributed by atoms with Crippen LogP contribution in [0.25, 0.3) is 5.78 Å². The van der Waals surface area contributed by atoms with E-state index >= 15 is 0 Å². The van der Waals surface area contributed by atoms with E-state index in [4.69, 9.17) is 9.47 Å². The van der Waals surface area contributed by atoms with Crippen LogP contribution >= 0.6 is 0 Å². The molecule has 3 heterocycles. The molecule has 11 heteroatoms. The van der Waals surface area contributed by atoms with Gasteiger partial charge in [0, 0.05) is 56.0 Å². The van der Waals surface area contributed by atoms with Gasteiger partial charge in [-0.15, -0.1) is 0 Å². The van der Waals surface area contributed by atoms with Gasteiger partial charge in [-0.3, -0.25) is 4.79 Å². The fraction of sp³-hybridized carbons (Fsp3) is 0.458. The topological polar surface area (TPSA) is 114 Å². The number of aryl methyl sites for hydroxylation is 1. The Labute approximate surface area is 204 Å². The largest absolute Gasteiger partial charge is 0.496 e. The average molecular weight is 482 g/mol. The number of piperazine rings is 1. The van der Waals surface area contributed by atoms with Crippen LogP contribution in [-0.2, 0) is 22.5 Å². The maximum Gasteiger partial charge on any atom is 0.317 e. The van der Waals surface area contributed by atoms with Crippen LogP contribution in [0.4, 0.5) is 10.6 Å². The van der Waals surface area contributed by atoms with E-state index in [1.54, 1.807) is 23.4 Å². The Morgan fingerprint density at radius 3 is 2.66 bits per heavy atom. The number of urea groups is 1. The van der Waals surface area contributed by atoms with Crippen molar-refractivity contribution in [1.29, 1.82) is 0 Å². The summed E-state index contributed by atoms with van der Waals surface area (Å²) in [5.74, 6) is 1.88. The predicted octanol–water partition coefficient (Wildman–Crippen LogP) is 1.97.